The molecule has 1 N–H and O–H groups in total. The van der Waals surface area contributed by atoms with Crippen LogP contribution in [0, 0.1) is 0 Å². The summed E-state index contributed by atoms with van der Waals surface area (Å²) in [4.78, 5) is 15.1. The van der Waals surface area contributed by atoms with Crippen LogP contribution in [0.15, 0.2) is 82.0 Å². The highest BCUT2D eigenvalue weighted by atomic mass is 35.5. The molecule has 144 valence electrons. The van der Waals surface area contributed by atoms with E-state index in [0.717, 1.165) is 23.2 Å². The molecular formula is C24H18ClNO3. The van der Waals surface area contributed by atoms with Crippen molar-refractivity contribution in [2.75, 3.05) is 11.4 Å². The predicted octanol–water partition coefficient (Wildman–Crippen LogP) is 5.30. The Hall–Kier alpha value is -3.24. The van der Waals surface area contributed by atoms with E-state index >= 15 is 0 Å². The van der Waals surface area contributed by atoms with Crippen LogP contribution >= 0.6 is 11.6 Å². The van der Waals surface area contributed by atoms with Crippen molar-refractivity contribution in [3.8, 4) is 5.75 Å². The lowest BCUT2D eigenvalue weighted by Crippen LogP contribution is -2.38. The molecule has 3 aromatic carbocycles. The van der Waals surface area contributed by atoms with Crippen molar-refractivity contribution in [2.24, 2.45) is 0 Å². The van der Waals surface area contributed by atoms with Crippen molar-refractivity contribution in [3.63, 3.8) is 0 Å². The minimum absolute atomic E-state index is 0.0301. The van der Waals surface area contributed by atoms with E-state index < -0.39 is 11.7 Å². The molecule has 0 aliphatic carbocycles. The summed E-state index contributed by atoms with van der Waals surface area (Å²) < 4.78 is 5.58. The summed E-state index contributed by atoms with van der Waals surface area (Å²) >= 11 is 6.08. The lowest BCUT2D eigenvalue weighted by Gasteiger charge is -2.39. The summed E-state index contributed by atoms with van der Waals surface area (Å²) in [5, 5.41) is 12.3. The van der Waals surface area contributed by atoms with Crippen molar-refractivity contribution in [2.45, 2.75) is 12.5 Å². The Morgan fingerprint density at radius 1 is 0.966 bits per heavy atom. The molecule has 5 heteroatoms. The minimum atomic E-state index is -0.526. The molecule has 0 bridgehead atoms. The van der Waals surface area contributed by atoms with Crippen molar-refractivity contribution in [1.29, 1.82) is 0 Å². The third kappa shape index (κ3) is 2.97. The van der Waals surface area contributed by atoms with Gasteiger partial charge in [-0.15, -0.1) is 0 Å². The summed E-state index contributed by atoms with van der Waals surface area (Å²) in [5.41, 5.74) is 3.19. The summed E-state index contributed by atoms with van der Waals surface area (Å²) in [6.07, 6.45) is 0.842. The van der Waals surface area contributed by atoms with Crippen molar-refractivity contribution in [1.82, 2.24) is 0 Å². The van der Waals surface area contributed by atoms with Crippen LogP contribution in [0.4, 0.5) is 5.69 Å². The number of nitrogens with zero attached hydrogens (tertiary/aromatic N) is 1. The van der Waals surface area contributed by atoms with Crippen molar-refractivity contribution < 1.29 is 9.52 Å². The van der Waals surface area contributed by atoms with E-state index in [2.05, 4.69) is 11.0 Å². The maximum absolute atomic E-state index is 13.0. The van der Waals surface area contributed by atoms with E-state index in [4.69, 9.17) is 16.0 Å². The Labute approximate surface area is 172 Å². The number of anilines is 1. The number of hydrogen-bond donors (Lipinski definition) is 1. The monoisotopic (exact) mass is 403 g/mol. The van der Waals surface area contributed by atoms with Crippen LogP contribution in [0.5, 0.6) is 5.75 Å². The smallest absolute Gasteiger partial charge is 0.345 e. The number of fused-ring (bicyclic) bond motifs is 2. The first-order valence-electron chi connectivity index (χ1n) is 9.48. The van der Waals surface area contributed by atoms with Crippen LogP contribution in [0.3, 0.4) is 0 Å². The molecule has 1 aliphatic rings. The van der Waals surface area contributed by atoms with Gasteiger partial charge in [0.05, 0.1) is 11.4 Å². The molecule has 2 heterocycles. The average molecular weight is 404 g/mol. The van der Waals surface area contributed by atoms with Crippen LogP contribution in [0.2, 0.25) is 5.02 Å². The summed E-state index contributed by atoms with van der Waals surface area (Å²) in [5.74, 6) is -0.0301. The molecule has 0 saturated heterocycles. The molecule has 0 radical (unpaired) electrons. The molecule has 0 spiro atoms. The molecule has 1 atom stereocenters. The molecule has 29 heavy (non-hydrogen) atoms. The zero-order valence-electron chi connectivity index (χ0n) is 15.5. The van der Waals surface area contributed by atoms with Gasteiger partial charge in [0.2, 0.25) is 0 Å². The standard InChI is InChI=1S/C24H18ClNO3/c25-16-9-11-17(12-10-16)26-14-13-15-5-1-2-6-18(15)22(26)21-23(27)19-7-3-4-8-20(19)29-24(21)28/h1-12,22,27H,13-14H2. The number of halogens is 1. The summed E-state index contributed by atoms with van der Waals surface area (Å²) in [7, 11) is 0. The van der Waals surface area contributed by atoms with Gasteiger partial charge >= 0.3 is 5.63 Å². The number of para-hydroxylation sites is 1. The first kappa shape index (κ1) is 17.8. The zero-order chi connectivity index (χ0) is 20.0. The summed E-state index contributed by atoms with van der Waals surface area (Å²) in [6, 6.07) is 22.1. The summed E-state index contributed by atoms with van der Waals surface area (Å²) in [6.45, 7) is 0.703. The van der Waals surface area contributed by atoms with Crippen LogP contribution in [0.25, 0.3) is 11.0 Å². The Bertz CT molecular complexity index is 1260. The van der Waals surface area contributed by atoms with E-state index in [1.165, 1.54) is 0 Å². The second-order valence-corrected chi connectivity index (χ2v) is 7.61. The predicted molar refractivity (Wildman–Crippen MR) is 115 cm³/mol. The topological polar surface area (TPSA) is 53.7 Å². The van der Waals surface area contributed by atoms with E-state index in [0.29, 0.717) is 22.5 Å². The molecule has 0 fully saturated rings. The van der Waals surface area contributed by atoms with Gasteiger partial charge in [0.25, 0.3) is 0 Å². The average Bonchev–Trinajstić information content (AvgIpc) is 2.74. The van der Waals surface area contributed by atoms with Gasteiger partial charge in [-0.2, -0.15) is 0 Å². The highest BCUT2D eigenvalue weighted by Gasteiger charge is 2.34. The molecule has 4 nitrogen and oxygen atoms in total. The second-order valence-electron chi connectivity index (χ2n) is 7.17. The van der Waals surface area contributed by atoms with Crippen LogP contribution in [-0.2, 0) is 6.42 Å². The molecule has 0 saturated carbocycles. The number of hydrogen-bond acceptors (Lipinski definition) is 4. The molecular weight excluding hydrogens is 386 g/mol. The van der Waals surface area contributed by atoms with Gasteiger partial charge in [-0.05, 0) is 53.9 Å². The van der Waals surface area contributed by atoms with E-state index in [1.54, 1.807) is 18.2 Å². The van der Waals surface area contributed by atoms with Crippen molar-refractivity contribution >= 4 is 28.3 Å². The third-order valence-corrected chi connectivity index (χ3v) is 5.79. The maximum Gasteiger partial charge on any atom is 0.345 e. The normalized spacial score (nSPS) is 16.0. The number of aromatic hydroxyl groups is 1. The quantitative estimate of drug-likeness (QED) is 0.461. The number of rotatable bonds is 2. The van der Waals surface area contributed by atoms with Gasteiger partial charge in [0, 0.05) is 17.3 Å². The van der Waals surface area contributed by atoms with Crippen molar-refractivity contribution in [3.05, 3.63) is 105 Å². The Morgan fingerprint density at radius 2 is 1.69 bits per heavy atom. The minimum Gasteiger partial charge on any atom is -0.507 e. The van der Waals surface area contributed by atoms with Crippen LogP contribution in [0.1, 0.15) is 22.7 Å². The maximum atomic E-state index is 13.0. The fraction of sp³-hybridized carbons (Fsp3) is 0.125. The van der Waals surface area contributed by atoms with Gasteiger partial charge in [0.1, 0.15) is 16.9 Å². The Balaban J connectivity index is 1.78. The molecule has 5 rings (SSSR count). The lowest BCUT2D eigenvalue weighted by molar-refractivity contribution is 0.446. The van der Waals surface area contributed by atoms with E-state index in [-0.39, 0.29) is 11.3 Å². The van der Waals surface area contributed by atoms with Gasteiger partial charge in [0.15, 0.2) is 0 Å². The Kier molecular flexibility index (Phi) is 4.29. The molecule has 1 unspecified atom stereocenters. The van der Waals surface area contributed by atoms with Gasteiger partial charge in [-0.1, -0.05) is 48.0 Å². The highest BCUT2D eigenvalue weighted by molar-refractivity contribution is 6.30. The number of benzene rings is 3. The second kappa shape index (κ2) is 6.98. The molecule has 0 amide bonds. The molecule has 1 aromatic heterocycles. The van der Waals surface area contributed by atoms with Gasteiger partial charge in [-0.25, -0.2) is 4.79 Å². The van der Waals surface area contributed by atoms with Gasteiger partial charge in [-0.3, -0.25) is 0 Å². The van der Waals surface area contributed by atoms with Gasteiger partial charge < -0.3 is 14.4 Å². The van der Waals surface area contributed by atoms with E-state index in [1.807, 2.05) is 48.5 Å². The third-order valence-electron chi connectivity index (χ3n) is 5.53. The van der Waals surface area contributed by atoms with Crippen LogP contribution in [-0.4, -0.2) is 11.7 Å². The highest BCUT2D eigenvalue weighted by Crippen LogP contribution is 2.42. The lowest BCUT2D eigenvalue weighted by atomic mass is 9.87. The fourth-order valence-electron chi connectivity index (χ4n) is 4.18. The molecule has 1 aliphatic heterocycles. The first-order chi connectivity index (χ1) is 14.1. The fourth-order valence-corrected chi connectivity index (χ4v) is 4.30. The molecule has 4 aromatic rings. The van der Waals surface area contributed by atoms with Crippen LogP contribution < -0.4 is 10.5 Å². The Morgan fingerprint density at radius 3 is 2.52 bits per heavy atom. The van der Waals surface area contributed by atoms with E-state index in [9.17, 15) is 9.90 Å². The largest absolute Gasteiger partial charge is 0.507 e. The SMILES string of the molecule is O=c1oc2ccccc2c(O)c1C1c2ccccc2CCN1c1ccc(Cl)cc1. The zero-order valence-corrected chi connectivity index (χ0v) is 16.3. The first-order valence-corrected chi connectivity index (χ1v) is 9.86.